The van der Waals surface area contributed by atoms with Gasteiger partial charge in [0.2, 0.25) is 0 Å². The van der Waals surface area contributed by atoms with Crippen LogP contribution in [0.15, 0.2) is 29.3 Å². The van der Waals surface area contributed by atoms with Crippen LogP contribution in [0.2, 0.25) is 0 Å². The highest BCUT2D eigenvalue weighted by Crippen LogP contribution is 2.27. The molecule has 1 aliphatic heterocycles. The molecule has 2 aliphatic rings. The standard InChI is InChI=1S/C15H19FN2OS/c16-11-5-1-4-8-14(11)19-9-10-20-15-17-12-6-2-3-7-13(12)18-15/h1,4-5,8,12-13H,2-3,6-7,9-10H2,(H,17,18)/t12-,13+. The molecule has 1 saturated carbocycles. The molecule has 3 rings (SSSR count). The molecular formula is C15H19FN2OS. The third-order valence-electron chi connectivity index (χ3n) is 3.74. The lowest BCUT2D eigenvalue weighted by molar-refractivity contribution is 0.325. The number of ether oxygens (including phenoxy) is 1. The second kappa shape index (κ2) is 6.48. The van der Waals surface area contributed by atoms with E-state index in [-0.39, 0.29) is 5.82 Å². The number of hydrogen-bond acceptors (Lipinski definition) is 4. The monoisotopic (exact) mass is 294 g/mol. The van der Waals surface area contributed by atoms with Crippen LogP contribution in [0, 0.1) is 5.82 Å². The fourth-order valence-electron chi connectivity index (χ4n) is 2.71. The number of fused-ring (bicyclic) bond motifs is 1. The van der Waals surface area contributed by atoms with Crippen molar-refractivity contribution < 1.29 is 9.13 Å². The molecule has 2 atom stereocenters. The third-order valence-corrected chi connectivity index (χ3v) is 4.61. The third kappa shape index (κ3) is 3.26. The Hall–Kier alpha value is -1.23. The van der Waals surface area contributed by atoms with E-state index in [0.717, 1.165) is 10.9 Å². The van der Waals surface area contributed by atoms with Crippen molar-refractivity contribution in [1.29, 1.82) is 0 Å². The molecule has 0 aromatic heterocycles. The zero-order valence-corrected chi connectivity index (χ0v) is 12.2. The molecule has 1 N–H and O–H groups in total. The predicted octanol–water partition coefficient (Wildman–Crippen LogP) is 3.21. The first-order valence-electron chi connectivity index (χ1n) is 7.17. The van der Waals surface area contributed by atoms with E-state index in [4.69, 9.17) is 9.73 Å². The number of para-hydroxylation sites is 1. The summed E-state index contributed by atoms with van der Waals surface area (Å²) in [5.41, 5.74) is 0. The summed E-state index contributed by atoms with van der Waals surface area (Å²) >= 11 is 1.67. The molecule has 0 amide bonds. The van der Waals surface area contributed by atoms with Crippen molar-refractivity contribution >= 4 is 16.9 Å². The number of nitrogens with zero attached hydrogens (tertiary/aromatic N) is 1. The highest BCUT2D eigenvalue weighted by Gasteiger charge is 2.30. The van der Waals surface area contributed by atoms with Crippen LogP contribution in [0.25, 0.3) is 0 Å². The number of amidine groups is 1. The van der Waals surface area contributed by atoms with Crippen molar-refractivity contribution in [3.05, 3.63) is 30.1 Å². The Morgan fingerprint density at radius 3 is 3.00 bits per heavy atom. The first kappa shape index (κ1) is 13.7. The van der Waals surface area contributed by atoms with Gasteiger partial charge >= 0.3 is 0 Å². The Kier molecular flexibility index (Phi) is 4.45. The number of thioether (sulfide) groups is 1. The second-order valence-corrected chi connectivity index (χ2v) is 6.25. The lowest BCUT2D eigenvalue weighted by Crippen LogP contribution is -2.36. The molecular weight excluding hydrogens is 275 g/mol. The number of rotatable bonds is 4. The van der Waals surface area contributed by atoms with Gasteiger partial charge in [-0.05, 0) is 25.0 Å². The second-order valence-electron chi connectivity index (χ2n) is 5.16. The Morgan fingerprint density at radius 2 is 2.15 bits per heavy atom. The van der Waals surface area contributed by atoms with Gasteiger partial charge in [-0.1, -0.05) is 36.7 Å². The van der Waals surface area contributed by atoms with Crippen LogP contribution in [0.4, 0.5) is 4.39 Å². The number of hydrogen-bond donors (Lipinski definition) is 1. The molecule has 0 unspecified atom stereocenters. The van der Waals surface area contributed by atoms with E-state index in [9.17, 15) is 4.39 Å². The van der Waals surface area contributed by atoms with Crippen LogP contribution >= 0.6 is 11.8 Å². The molecule has 1 fully saturated rings. The van der Waals surface area contributed by atoms with E-state index in [0.29, 0.717) is 24.4 Å². The molecule has 1 aliphatic carbocycles. The highest BCUT2D eigenvalue weighted by atomic mass is 32.2. The minimum Gasteiger partial charge on any atom is -0.490 e. The molecule has 0 radical (unpaired) electrons. The van der Waals surface area contributed by atoms with Crippen molar-refractivity contribution in [1.82, 2.24) is 5.32 Å². The fraction of sp³-hybridized carbons (Fsp3) is 0.533. The van der Waals surface area contributed by atoms with Crippen LogP contribution in [0.1, 0.15) is 25.7 Å². The van der Waals surface area contributed by atoms with E-state index in [2.05, 4.69) is 5.32 Å². The summed E-state index contributed by atoms with van der Waals surface area (Å²) in [5, 5.41) is 4.51. The van der Waals surface area contributed by atoms with Gasteiger partial charge in [-0.3, -0.25) is 4.99 Å². The van der Waals surface area contributed by atoms with Gasteiger partial charge in [-0.15, -0.1) is 0 Å². The van der Waals surface area contributed by atoms with Crippen LogP contribution < -0.4 is 10.1 Å². The van der Waals surface area contributed by atoms with Gasteiger partial charge in [0.1, 0.15) is 0 Å². The van der Waals surface area contributed by atoms with Crippen molar-refractivity contribution in [2.24, 2.45) is 4.99 Å². The van der Waals surface area contributed by atoms with Crippen molar-refractivity contribution in [2.75, 3.05) is 12.4 Å². The zero-order valence-electron chi connectivity index (χ0n) is 11.3. The number of benzene rings is 1. The molecule has 3 nitrogen and oxygen atoms in total. The van der Waals surface area contributed by atoms with E-state index in [1.165, 1.54) is 31.7 Å². The van der Waals surface area contributed by atoms with Gasteiger partial charge < -0.3 is 10.1 Å². The maximum absolute atomic E-state index is 13.4. The van der Waals surface area contributed by atoms with Crippen molar-refractivity contribution in [3.63, 3.8) is 0 Å². The SMILES string of the molecule is Fc1ccccc1OCCSC1=N[C@@H]2CCCC[C@@H]2N1. The van der Waals surface area contributed by atoms with Gasteiger partial charge in [0, 0.05) is 5.75 Å². The molecule has 0 saturated heterocycles. The summed E-state index contributed by atoms with van der Waals surface area (Å²) in [7, 11) is 0. The lowest BCUT2D eigenvalue weighted by Gasteiger charge is -2.23. The van der Waals surface area contributed by atoms with Gasteiger partial charge in [0.25, 0.3) is 0 Å². The number of nitrogens with one attached hydrogen (secondary N) is 1. The van der Waals surface area contributed by atoms with Crippen LogP contribution in [-0.2, 0) is 0 Å². The van der Waals surface area contributed by atoms with Crippen molar-refractivity contribution in [3.8, 4) is 5.75 Å². The predicted molar refractivity (Wildman–Crippen MR) is 81.0 cm³/mol. The smallest absolute Gasteiger partial charge is 0.165 e. The first-order chi connectivity index (χ1) is 9.83. The number of halogens is 1. The summed E-state index contributed by atoms with van der Waals surface area (Å²) in [4.78, 5) is 4.71. The molecule has 0 bridgehead atoms. The summed E-state index contributed by atoms with van der Waals surface area (Å²) in [6.07, 6.45) is 5.02. The molecule has 0 spiro atoms. The Balaban J connectivity index is 1.41. The van der Waals surface area contributed by atoms with Gasteiger partial charge in [0.15, 0.2) is 16.7 Å². The molecule has 108 valence electrons. The van der Waals surface area contributed by atoms with Crippen LogP contribution in [0.3, 0.4) is 0 Å². The highest BCUT2D eigenvalue weighted by molar-refractivity contribution is 8.13. The largest absolute Gasteiger partial charge is 0.490 e. The topological polar surface area (TPSA) is 33.6 Å². The summed E-state index contributed by atoms with van der Waals surface area (Å²) < 4.78 is 18.8. The van der Waals surface area contributed by atoms with E-state index >= 15 is 0 Å². The molecule has 1 heterocycles. The molecule has 1 aromatic rings. The average molecular weight is 294 g/mol. The maximum Gasteiger partial charge on any atom is 0.165 e. The normalized spacial score (nSPS) is 24.8. The molecule has 5 heteroatoms. The Labute approximate surface area is 123 Å². The lowest BCUT2D eigenvalue weighted by atomic mass is 9.92. The minimum atomic E-state index is -0.306. The maximum atomic E-state index is 13.4. The van der Waals surface area contributed by atoms with E-state index in [1.807, 2.05) is 0 Å². The van der Waals surface area contributed by atoms with Gasteiger partial charge in [-0.2, -0.15) is 0 Å². The van der Waals surface area contributed by atoms with Crippen molar-refractivity contribution in [2.45, 2.75) is 37.8 Å². The fourth-order valence-corrected chi connectivity index (χ4v) is 3.52. The van der Waals surface area contributed by atoms with Gasteiger partial charge in [-0.25, -0.2) is 4.39 Å². The first-order valence-corrected chi connectivity index (χ1v) is 8.16. The average Bonchev–Trinajstić information content (AvgIpc) is 2.88. The van der Waals surface area contributed by atoms with Crippen LogP contribution in [0.5, 0.6) is 5.75 Å². The molecule has 1 aromatic carbocycles. The Morgan fingerprint density at radius 1 is 1.30 bits per heavy atom. The van der Waals surface area contributed by atoms with E-state index in [1.54, 1.807) is 30.0 Å². The quantitative estimate of drug-likeness (QED) is 0.866. The van der Waals surface area contributed by atoms with Gasteiger partial charge in [0.05, 0.1) is 18.7 Å². The summed E-state index contributed by atoms with van der Waals surface area (Å²) in [6.45, 7) is 0.488. The number of aliphatic imine (C=N–C) groups is 1. The molecule has 20 heavy (non-hydrogen) atoms. The van der Waals surface area contributed by atoms with Crippen LogP contribution in [-0.4, -0.2) is 29.6 Å². The minimum absolute atomic E-state index is 0.306. The Bertz CT molecular complexity index is 495. The summed E-state index contributed by atoms with van der Waals surface area (Å²) in [6, 6.07) is 7.52. The summed E-state index contributed by atoms with van der Waals surface area (Å²) in [5.74, 6) is 0.794. The van der Waals surface area contributed by atoms with E-state index < -0.39 is 0 Å². The zero-order chi connectivity index (χ0) is 13.8.